The third-order valence-electron chi connectivity index (χ3n) is 2.38. The van der Waals surface area contributed by atoms with Crippen molar-refractivity contribution in [3.05, 3.63) is 29.3 Å². The van der Waals surface area contributed by atoms with Crippen LogP contribution < -0.4 is 10.1 Å². The molecule has 0 saturated heterocycles. The quantitative estimate of drug-likeness (QED) is 0.839. The molecular weight excluding hydrogens is 270 g/mol. The number of benzene rings is 1. The van der Waals surface area contributed by atoms with Crippen molar-refractivity contribution in [2.24, 2.45) is 0 Å². The molecule has 0 saturated carbocycles. The van der Waals surface area contributed by atoms with E-state index in [1.54, 1.807) is 24.3 Å². The van der Waals surface area contributed by atoms with Gasteiger partial charge >= 0.3 is 5.97 Å². The van der Waals surface area contributed by atoms with Crippen LogP contribution in [0.2, 0.25) is 5.02 Å². The lowest BCUT2D eigenvalue weighted by Gasteiger charge is -2.20. The average Bonchev–Trinajstić information content (AvgIpc) is 2.28. The van der Waals surface area contributed by atoms with E-state index in [2.05, 4.69) is 5.32 Å². The van der Waals surface area contributed by atoms with E-state index >= 15 is 0 Å². The van der Waals surface area contributed by atoms with Gasteiger partial charge in [-0.3, -0.25) is 4.79 Å². The highest BCUT2D eigenvalue weighted by molar-refractivity contribution is 6.30. The van der Waals surface area contributed by atoms with Gasteiger partial charge in [-0.1, -0.05) is 17.7 Å². The van der Waals surface area contributed by atoms with Crippen molar-refractivity contribution in [1.82, 2.24) is 5.32 Å². The van der Waals surface area contributed by atoms with Crippen LogP contribution in [0.3, 0.4) is 0 Å². The Bertz CT molecular complexity index is 473. The van der Waals surface area contributed by atoms with E-state index in [0.29, 0.717) is 10.8 Å². The third kappa shape index (κ3) is 5.18. The summed E-state index contributed by atoms with van der Waals surface area (Å²) in [7, 11) is 0. The number of hydrogen-bond acceptors (Lipinski definition) is 3. The topological polar surface area (TPSA) is 75.6 Å². The maximum absolute atomic E-state index is 11.5. The molecule has 0 radical (unpaired) electrons. The highest BCUT2D eigenvalue weighted by Crippen LogP contribution is 2.17. The van der Waals surface area contributed by atoms with Crippen LogP contribution in [0.15, 0.2) is 24.3 Å². The van der Waals surface area contributed by atoms with E-state index in [0.717, 1.165) is 0 Å². The second-order valence-corrected chi connectivity index (χ2v) is 4.97. The highest BCUT2D eigenvalue weighted by atomic mass is 35.5. The Morgan fingerprint density at radius 3 is 2.68 bits per heavy atom. The van der Waals surface area contributed by atoms with E-state index in [1.165, 1.54) is 13.8 Å². The van der Waals surface area contributed by atoms with Gasteiger partial charge in [-0.2, -0.15) is 0 Å². The minimum absolute atomic E-state index is 0.0726. The van der Waals surface area contributed by atoms with Gasteiger partial charge in [0.25, 0.3) is 0 Å². The largest absolute Gasteiger partial charge is 0.493 e. The monoisotopic (exact) mass is 285 g/mol. The van der Waals surface area contributed by atoms with E-state index in [-0.39, 0.29) is 18.9 Å². The summed E-state index contributed by atoms with van der Waals surface area (Å²) in [6.45, 7) is 3.00. The Kier molecular flexibility index (Phi) is 5.18. The van der Waals surface area contributed by atoms with Crippen molar-refractivity contribution in [2.75, 3.05) is 6.61 Å². The normalized spacial score (nSPS) is 10.9. The molecule has 0 aromatic heterocycles. The van der Waals surface area contributed by atoms with Gasteiger partial charge in [-0.15, -0.1) is 0 Å². The first-order valence-corrected chi connectivity index (χ1v) is 6.12. The van der Waals surface area contributed by atoms with E-state index in [4.69, 9.17) is 21.4 Å². The first kappa shape index (κ1) is 15.3. The van der Waals surface area contributed by atoms with Crippen LogP contribution in [0.25, 0.3) is 0 Å². The summed E-state index contributed by atoms with van der Waals surface area (Å²) in [4.78, 5) is 22.4. The molecular formula is C13H16ClNO4. The number of carboxylic acid groups (broad SMARTS) is 1. The summed E-state index contributed by atoms with van der Waals surface area (Å²) >= 11 is 5.78. The molecule has 1 amide bonds. The van der Waals surface area contributed by atoms with Gasteiger partial charge in [-0.05, 0) is 32.0 Å². The molecule has 0 fully saturated rings. The number of carbonyl (C=O) groups is 2. The third-order valence-corrected chi connectivity index (χ3v) is 2.62. The van der Waals surface area contributed by atoms with Crippen LogP contribution in [0.4, 0.5) is 0 Å². The predicted octanol–water partition coefficient (Wildman–Crippen LogP) is 2.09. The number of carboxylic acids is 1. The summed E-state index contributed by atoms with van der Waals surface area (Å²) < 4.78 is 5.34. The molecule has 0 unspecified atom stereocenters. The van der Waals surface area contributed by atoms with Gasteiger partial charge in [-0.25, -0.2) is 4.79 Å². The van der Waals surface area contributed by atoms with Crippen molar-refractivity contribution in [2.45, 2.75) is 25.8 Å². The molecule has 104 valence electrons. The molecule has 0 heterocycles. The summed E-state index contributed by atoms with van der Waals surface area (Å²) in [5.41, 5.74) is -1.28. The lowest BCUT2D eigenvalue weighted by molar-refractivity contribution is -0.146. The number of aliphatic carboxylic acids is 1. The molecule has 19 heavy (non-hydrogen) atoms. The van der Waals surface area contributed by atoms with Crippen LogP contribution in [-0.4, -0.2) is 29.1 Å². The molecule has 0 spiro atoms. The fourth-order valence-electron chi connectivity index (χ4n) is 1.28. The van der Waals surface area contributed by atoms with Crippen molar-refractivity contribution in [3.8, 4) is 5.75 Å². The second-order valence-electron chi connectivity index (χ2n) is 4.53. The zero-order valence-corrected chi connectivity index (χ0v) is 11.5. The summed E-state index contributed by atoms with van der Waals surface area (Å²) in [6.07, 6.45) is 0.0726. The molecule has 0 bridgehead atoms. The molecule has 2 N–H and O–H groups in total. The van der Waals surface area contributed by atoms with Crippen molar-refractivity contribution in [3.63, 3.8) is 0 Å². The first-order chi connectivity index (χ1) is 8.81. The second kappa shape index (κ2) is 6.43. The van der Waals surface area contributed by atoms with Gasteiger partial charge in [0.1, 0.15) is 11.3 Å². The summed E-state index contributed by atoms with van der Waals surface area (Å²) in [6, 6.07) is 6.83. The molecule has 0 aliphatic carbocycles. The van der Waals surface area contributed by atoms with Gasteiger partial charge in [0.2, 0.25) is 5.91 Å². The fourth-order valence-corrected chi connectivity index (χ4v) is 1.46. The Labute approximate surface area is 116 Å². The first-order valence-electron chi connectivity index (χ1n) is 5.74. The Balaban J connectivity index is 2.37. The molecule has 1 aromatic rings. The Hall–Kier alpha value is -1.75. The number of nitrogens with one attached hydrogen (secondary N) is 1. The van der Waals surface area contributed by atoms with Gasteiger partial charge in [0.05, 0.1) is 13.0 Å². The molecule has 0 aliphatic heterocycles. The number of rotatable bonds is 6. The lowest BCUT2D eigenvalue weighted by atomic mass is 10.1. The van der Waals surface area contributed by atoms with Gasteiger partial charge < -0.3 is 15.2 Å². The average molecular weight is 286 g/mol. The zero-order chi connectivity index (χ0) is 14.5. The summed E-state index contributed by atoms with van der Waals surface area (Å²) in [5, 5.41) is 11.8. The summed E-state index contributed by atoms with van der Waals surface area (Å²) in [5.74, 6) is -0.899. The number of ether oxygens (including phenoxy) is 1. The van der Waals surface area contributed by atoms with E-state index < -0.39 is 11.5 Å². The van der Waals surface area contributed by atoms with Crippen LogP contribution in [0.5, 0.6) is 5.75 Å². The van der Waals surface area contributed by atoms with Crippen LogP contribution >= 0.6 is 11.6 Å². The highest BCUT2D eigenvalue weighted by Gasteiger charge is 2.28. The number of hydrogen-bond donors (Lipinski definition) is 2. The molecule has 6 heteroatoms. The van der Waals surface area contributed by atoms with Crippen LogP contribution in [0.1, 0.15) is 20.3 Å². The van der Waals surface area contributed by atoms with E-state index in [1.807, 2.05) is 0 Å². The Morgan fingerprint density at radius 2 is 2.11 bits per heavy atom. The van der Waals surface area contributed by atoms with Crippen molar-refractivity contribution < 1.29 is 19.4 Å². The molecule has 0 aliphatic rings. The minimum atomic E-state index is -1.28. The molecule has 0 atom stereocenters. The predicted molar refractivity (Wildman–Crippen MR) is 71.4 cm³/mol. The van der Waals surface area contributed by atoms with Crippen LogP contribution in [-0.2, 0) is 9.59 Å². The van der Waals surface area contributed by atoms with Crippen molar-refractivity contribution in [1.29, 1.82) is 0 Å². The smallest absolute Gasteiger partial charge is 0.328 e. The lowest BCUT2D eigenvalue weighted by Crippen LogP contribution is -2.49. The fraction of sp³-hybridized carbons (Fsp3) is 0.385. The van der Waals surface area contributed by atoms with E-state index in [9.17, 15) is 9.59 Å². The van der Waals surface area contributed by atoms with Crippen molar-refractivity contribution >= 4 is 23.5 Å². The SMILES string of the molecule is CC(C)(NC(=O)CCOc1cccc(Cl)c1)C(=O)O. The Morgan fingerprint density at radius 1 is 1.42 bits per heavy atom. The number of amides is 1. The molecule has 1 rings (SSSR count). The minimum Gasteiger partial charge on any atom is -0.493 e. The van der Waals surface area contributed by atoms with Gasteiger partial charge in [0.15, 0.2) is 0 Å². The maximum atomic E-state index is 11.5. The number of carbonyl (C=O) groups excluding carboxylic acids is 1. The standard InChI is InChI=1S/C13H16ClNO4/c1-13(2,12(17)18)15-11(16)6-7-19-10-5-3-4-9(14)8-10/h3-5,8H,6-7H2,1-2H3,(H,15,16)(H,17,18). The zero-order valence-electron chi connectivity index (χ0n) is 10.8. The molecule has 5 nitrogen and oxygen atoms in total. The maximum Gasteiger partial charge on any atom is 0.328 e. The molecule has 1 aromatic carbocycles. The van der Waals surface area contributed by atoms with Gasteiger partial charge in [0, 0.05) is 5.02 Å². The van der Waals surface area contributed by atoms with Crippen LogP contribution in [0, 0.1) is 0 Å². The number of halogens is 1.